The standard InChI is InChI=1S/C13H13N5O2/c19-11-6-10(18-13(17-11)15-8-16-18)12(20)14-7-9-4-2-1-3-5-9/h1-5,8,10H,6-7H2,(H,14,20)(H,15,16,17,19)/t10-/m1/s1. The average molecular weight is 271 g/mol. The van der Waals surface area contributed by atoms with Gasteiger partial charge in [0.15, 0.2) is 0 Å². The summed E-state index contributed by atoms with van der Waals surface area (Å²) in [6, 6.07) is 8.93. The minimum atomic E-state index is -0.648. The third kappa shape index (κ3) is 2.37. The highest BCUT2D eigenvalue weighted by molar-refractivity contribution is 5.95. The maximum Gasteiger partial charge on any atom is 0.245 e. The van der Waals surface area contributed by atoms with E-state index in [0.29, 0.717) is 12.5 Å². The van der Waals surface area contributed by atoms with Crippen molar-refractivity contribution in [3.05, 3.63) is 42.2 Å². The Kier molecular flexibility index (Phi) is 3.16. The van der Waals surface area contributed by atoms with Crippen LogP contribution in [0.25, 0.3) is 0 Å². The van der Waals surface area contributed by atoms with Gasteiger partial charge in [0.25, 0.3) is 0 Å². The lowest BCUT2D eigenvalue weighted by atomic mass is 10.1. The summed E-state index contributed by atoms with van der Waals surface area (Å²) in [5.41, 5.74) is 1.000. The molecule has 1 aliphatic rings. The molecular weight excluding hydrogens is 258 g/mol. The molecule has 0 fully saturated rings. The van der Waals surface area contributed by atoms with E-state index in [1.54, 1.807) is 0 Å². The lowest BCUT2D eigenvalue weighted by Crippen LogP contribution is -2.39. The van der Waals surface area contributed by atoms with Crippen molar-refractivity contribution in [2.24, 2.45) is 0 Å². The lowest BCUT2D eigenvalue weighted by Gasteiger charge is -2.22. The number of nitrogens with zero attached hydrogens (tertiary/aromatic N) is 3. The number of carbonyl (C=O) groups excluding carboxylic acids is 2. The molecule has 2 heterocycles. The van der Waals surface area contributed by atoms with Crippen molar-refractivity contribution in [2.75, 3.05) is 5.32 Å². The average Bonchev–Trinajstić information content (AvgIpc) is 2.93. The number of benzene rings is 1. The number of hydrogen-bond donors (Lipinski definition) is 2. The fourth-order valence-electron chi connectivity index (χ4n) is 2.11. The molecule has 2 amide bonds. The predicted molar refractivity (Wildman–Crippen MR) is 70.6 cm³/mol. The number of rotatable bonds is 3. The lowest BCUT2D eigenvalue weighted by molar-refractivity contribution is -0.129. The number of anilines is 1. The molecule has 2 aromatic rings. The summed E-state index contributed by atoms with van der Waals surface area (Å²) in [5.74, 6) is -0.165. The maximum absolute atomic E-state index is 12.2. The van der Waals surface area contributed by atoms with Gasteiger partial charge in [-0.1, -0.05) is 30.3 Å². The Hall–Kier alpha value is -2.70. The fourth-order valence-corrected chi connectivity index (χ4v) is 2.11. The molecule has 0 spiro atoms. The Labute approximate surface area is 115 Å². The monoisotopic (exact) mass is 271 g/mol. The molecule has 1 atom stereocenters. The highest BCUT2D eigenvalue weighted by Gasteiger charge is 2.31. The third-order valence-electron chi connectivity index (χ3n) is 3.11. The van der Waals surface area contributed by atoms with E-state index in [1.807, 2.05) is 30.3 Å². The van der Waals surface area contributed by atoms with Crippen LogP contribution in [0.1, 0.15) is 18.0 Å². The summed E-state index contributed by atoms with van der Waals surface area (Å²) in [7, 11) is 0. The maximum atomic E-state index is 12.2. The third-order valence-corrected chi connectivity index (χ3v) is 3.11. The molecule has 20 heavy (non-hydrogen) atoms. The number of nitrogens with one attached hydrogen (secondary N) is 2. The summed E-state index contributed by atoms with van der Waals surface area (Å²) in [4.78, 5) is 27.6. The summed E-state index contributed by atoms with van der Waals surface area (Å²) in [6.45, 7) is 0.418. The zero-order valence-electron chi connectivity index (χ0n) is 10.6. The fraction of sp³-hybridized carbons (Fsp3) is 0.231. The highest BCUT2D eigenvalue weighted by Crippen LogP contribution is 2.21. The zero-order valence-corrected chi connectivity index (χ0v) is 10.6. The van der Waals surface area contributed by atoms with Crippen molar-refractivity contribution in [2.45, 2.75) is 19.0 Å². The Morgan fingerprint density at radius 3 is 3.00 bits per heavy atom. The molecule has 0 saturated carbocycles. The molecule has 0 saturated heterocycles. The number of hydrogen-bond acceptors (Lipinski definition) is 4. The number of fused-ring (bicyclic) bond motifs is 1. The Morgan fingerprint density at radius 1 is 1.40 bits per heavy atom. The van der Waals surface area contributed by atoms with Gasteiger partial charge in [-0.3, -0.25) is 14.9 Å². The minimum absolute atomic E-state index is 0.0665. The number of amides is 2. The van der Waals surface area contributed by atoms with Crippen LogP contribution in [-0.2, 0) is 16.1 Å². The second-order valence-corrected chi connectivity index (χ2v) is 4.50. The second kappa shape index (κ2) is 5.12. The summed E-state index contributed by atoms with van der Waals surface area (Å²) in [5, 5.41) is 9.36. The van der Waals surface area contributed by atoms with Gasteiger partial charge >= 0.3 is 0 Å². The van der Waals surface area contributed by atoms with E-state index in [9.17, 15) is 9.59 Å². The summed E-state index contributed by atoms with van der Waals surface area (Å²) >= 11 is 0. The molecule has 7 nitrogen and oxygen atoms in total. The normalized spacial score (nSPS) is 17.2. The smallest absolute Gasteiger partial charge is 0.245 e. The van der Waals surface area contributed by atoms with E-state index in [0.717, 1.165) is 5.56 Å². The van der Waals surface area contributed by atoms with Gasteiger partial charge < -0.3 is 5.32 Å². The van der Waals surface area contributed by atoms with Crippen molar-refractivity contribution in [1.29, 1.82) is 0 Å². The van der Waals surface area contributed by atoms with Gasteiger partial charge in [0.1, 0.15) is 12.4 Å². The molecule has 1 aromatic carbocycles. The second-order valence-electron chi connectivity index (χ2n) is 4.50. The van der Waals surface area contributed by atoms with Gasteiger partial charge in [0.2, 0.25) is 17.8 Å². The van der Waals surface area contributed by atoms with Crippen LogP contribution in [0.3, 0.4) is 0 Å². The van der Waals surface area contributed by atoms with E-state index < -0.39 is 6.04 Å². The Bertz CT molecular complexity index is 637. The van der Waals surface area contributed by atoms with Gasteiger partial charge in [-0.05, 0) is 5.56 Å². The molecule has 1 aliphatic heterocycles. The topological polar surface area (TPSA) is 88.9 Å². The zero-order chi connectivity index (χ0) is 13.9. The first-order valence-corrected chi connectivity index (χ1v) is 6.25. The van der Waals surface area contributed by atoms with Crippen LogP contribution in [0.2, 0.25) is 0 Å². The van der Waals surface area contributed by atoms with Crippen molar-refractivity contribution < 1.29 is 9.59 Å². The van der Waals surface area contributed by atoms with Crippen molar-refractivity contribution >= 4 is 17.8 Å². The van der Waals surface area contributed by atoms with Crippen LogP contribution in [-0.4, -0.2) is 26.6 Å². The number of carbonyl (C=O) groups is 2. The van der Waals surface area contributed by atoms with Crippen molar-refractivity contribution in [1.82, 2.24) is 20.1 Å². The number of aromatic nitrogens is 3. The van der Waals surface area contributed by atoms with Gasteiger partial charge in [-0.2, -0.15) is 10.1 Å². The van der Waals surface area contributed by atoms with Gasteiger partial charge in [-0.25, -0.2) is 4.68 Å². The molecule has 0 unspecified atom stereocenters. The van der Waals surface area contributed by atoms with Crippen LogP contribution >= 0.6 is 0 Å². The van der Waals surface area contributed by atoms with E-state index in [-0.39, 0.29) is 18.2 Å². The van der Waals surface area contributed by atoms with Gasteiger partial charge in [0.05, 0.1) is 6.42 Å². The van der Waals surface area contributed by atoms with Crippen LogP contribution in [0.5, 0.6) is 0 Å². The predicted octanol–water partition coefficient (Wildman–Crippen LogP) is 0.478. The van der Waals surface area contributed by atoms with Crippen LogP contribution in [0, 0.1) is 0 Å². The van der Waals surface area contributed by atoms with E-state index in [4.69, 9.17) is 0 Å². The molecule has 0 radical (unpaired) electrons. The molecule has 0 bridgehead atoms. The van der Waals surface area contributed by atoms with E-state index >= 15 is 0 Å². The molecule has 0 aliphatic carbocycles. The quantitative estimate of drug-likeness (QED) is 0.849. The van der Waals surface area contributed by atoms with Crippen LogP contribution < -0.4 is 10.6 Å². The van der Waals surface area contributed by atoms with Crippen molar-refractivity contribution in [3.8, 4) is 0 Å². The molecule has 7 heteroatoms. The minimum Gasteiger partial charge on any atom is -0.350 e. The SMILES string of the molecule is O=C1C[C@H](C(=O)NCc2ccccc2)n2ncnc2N1. The summed E-state index contributed by atoms with van der Waals surface area (Å²) < 4.78 is 1.43. The van der Waals surface area contributed by atoms with Crippen molar-refractivity contribution in [3.63, 3.8) is 0 Å². The first-order chi connectivity index (χ1) is 9.74. The molecule has 1 aromatic heterocycles. The summed E-state index contributed by atoms with van der Waals surface area (Å²) in [6.07, 6.45) is 1.38. The first-order valence-electron chi connectivity index (χ1n) is 6.25. The molecule has 102 valence electrons. The van der Waals surface area contributed by atoms with E-state index in [1.165, 1.54) is 11.0 Å². The highest BCUT2D eigenvalue weighted by atomic mass is 16.2. The van der Waals surface area contributed by atoms with E-state index in [2.05, 4.69) is 20.7 Å². The van der Waals surface area contributed by atoms with Gasteiger partial charge in [0, 0.05) is 6.54 Å². The molecule has 3 rings (SSSR count). The van der Waals surface area contributed by atoms with Crippen LogP contribution in [0.15, 0.2) is 36.7 Å². The Balaban J connectivity index is 1.71. The first kappa shape index (κ1) is 12.3. The molecule has 2 N–H and O–H groups in total. The van der Waals surface area contributed by atoms with Crippen LogP contribution in [0.4, 0.5) is 5.95 Å². The largest absolute Gasteiger partial charge is 0.350 e. The Morgan fingerprint density at radius 2 is 2.20 bits per heavy atom. The van der Waals surface area contributed by atoms with Gasteiger partial charge in [-0.15, -0.1) is 0 Å². The molecular formula is C13H13N5O2.